The normalized spacial score (nSPS) is 17.0. The molecule has 1 aliphatic heterocycles. The minimum atomic E-state index is -2.94. The molecule has 10 nitrogen and oxygen atoms in total. The Morgan fingerprint density at radius 1 is 1.10 bits per heavy atom. The van der Waals surface area contributed by atoms with Gasteiger partial charge in [-0.2, -0.15) is 5.10 Å². The highest BCUT2D eigenvalue weighted by molar-refractivity contribution is 8.25. The molecule has 0 saturated carbocycles. The van der Waals surface area contributed by atoms with Crippen molar-refractivity contribution in [3.8, 4) is 0 Å². The molecule has 1 fully saturated rings. The van der Waals surface area contributed by atoms with Crippen molar-refractivity contribution in [1.29, 1.82) is 0 Å². The van der Waals surface area contributed by atoms with Gasteiger partial charge in [0.15, 0.2) is 0 Å². The van der Waals surface area contributed by atoms with Crippen LogP contribution >= 0.6 is 10.8 Å². The Morgan fingerprint density at radius 3 is 2.63 bits per heavy atom. The highest BCUT2D eigenvalue weighted by Crippen LogP contribution is 2.50. The number of hydrogen-bond acceptors (Lipinski definition) is 8. The molecule has 2 atom stereocenters. The number of carbonyl (C=O) groups is 1. The molecule has 1 aromatic heterocycles. The highest BCUT2D eigenvalue weighted by atomic mass is 32.3. The lowest BCUT2D eigenvalue weighted by atomic mass is 10.00. The highest BCUT2D eigenvalue weighted by Gasteiger charge is 2.28. The van der Waals surface area contributed by atoms with Crippen LogP contribution in [0, 0.1) is 0 Å². The summed E-state index contributed by atoms with van der Waals surface area (Å²) in [6, 6.07) is 14.5. The maximum atomic E-state index is 13.6. The van der Waals surface area contributed by atoms with Crippen LogP contribution in [0.25, 0.3) is 0 Å². The molecule has 3 aromatic rings. The number of hydrogen-bond donors (Lipinski definition) is 6. The average molecular weight is 585 g/mol. The third-order valence-electron chi connectivity index (χ3n) is 7.13. The van der Waals surface area contributed by atoms with Crippen LogP contribution in [-0.2, 0) is 19.5 Å². The first-order valence-electron chi connectivity index (χ1n) is 14.5. The zero-order chi connectivity index (χ0) is 29.2. The second-order valence-corrected chi connectivity index (χ2v) is 12.6. The maximum Gasteiger partial charge on any atom is 0.251 e. The van der Waals surface area contributed by atoms with Crippen LogP contribution in [-0.4, -0.2) is 67.4 Å². The molecule has 41 heavy (non-hydrogen) atoms. The summed E-state index contributed by atoms with van der Waals surface area (Å²) >= 11 is 0. The molecule has 0 unspecified atom stereocenters. The number of aliphatic hydroxyl groups is 1. The minimum Gasteiger partial charge on any atom is -0.390 e. The van der Waals surface area contributed by atoms with E-state index in [0.29, 0.717) is 43.1 Å². The standard InChI is InChI=1S/C30H44N6O4S/c1-3-12-35-22-24(20-33-35)19-31-21-29(37)28(15-23-10-6-5-7-11-23)34-30(38)25-16-26(32-4-2)18-27(17-25)36-13-8-9-14-41(36,39)40/h5-7,10-11,16-18,20,22,28-29,31-32,37,39-40H,3-4,8-9,12-15,19,21H2,1-2H3,(H,34,38)/t28-,29-/m0/s1. The Morgan fingerprint density at radius 2 is 1.90 bits per heavy atom. The van der Waals surface area contributed by atoms with Crippen molar-refractivity contribution in [3.63, 3.8) is 0 Å². The lowest BCUT2D eigenvalue weighted by Crippen LogP contribution is -2.48. The summed E-state index contributed by atoms with van der Waals surface area (Å²) in [6.45, 7) is 6.94. The van der Waals surface area contributed by atoms with Crippen molar-refractivity contribution in [1.82, 2.24) is 20.4 Å². The van der Waals surface area contributed by atoms with E-state index in [1.165, 1.54) is 0 Å². The largest absolute Gasteiger partial charge is 0.390 e. The summed E-state index contributed by atoms with van der Waals surface area (Å²) in [5.74, 6) is -0.0159. The van der Waals surface area contributed by atoms with Gasteiger partial charge in [-0.15, -0.1) is 10.8 Å². The quantitative estimate of drug-likeness (QED) is 0.163. The van der Waals surface area contributed by atoms with Crippen molar-refractivity contribution in [3.05, 3.63) is 77.6 Å². The van der Waals surface area contributed by atoms with E-state index in [2.05, 4.69) is 28.0 Å². The molecule has 0 radical (unpaired) electrons. The van der Waals surface area contributed by atoms with E-state index in [-0.39, 0.29) is 12.5 Å². The predicted molar refractivity (Wildman–Crippen MR) is 167 cm³/mol. The van der Waals surface area contributed by atoms with Gasteiger partial charge in [0.2, 0.25) is 0 Å². The monoisotopic (exact) mass is 584 g/mol. The van der Waals surface area contributed by atoms with Crippen LogP contribution in [0.3, 0.4) is 0 Å². The fraction of sp³-hybridized carbons (Fsp3) is 0.467. The predicted octanol–water partition coefficient (Wildman–Crippen LogP) is 4.48. The van der Waals surface area contributed by atoms with Gasteiger partial charge in [-0.1, -0.05) is 37.3 Å². The average Bonchev–Trinajstić information content (AvgIpc) is 3.40. The fourth-order valence-electron chi connectivity index (χ4n) is 5.06. The number of carbonyl (C=O) groups excluding carboxylic acids is 1. The van der Waals surface area contributed by atoms with E-state index < -0.39 is 22.9 Å². The summed E-state index contributed by atoms with van der Waals surface area (Å²) in [4.78, 5) is 13.6. The van der Waals surface area contributed by atoms with Gasteiger partial charge >= 0.3 is 0 Å². The van der Waals surface area contributed by atoms with Crippen molar-refractivity contribution in [2.75, 3.05) is 35.0 Å². The molecule has 11 heteroatoms. The maximum absolute atomic E-state index is 13.6. The van der Waals surface area contributed by atoms with Crippen LogP contribution in [0.4, 0.5) is 11.4 Å². The Labute approximate surface area is 244 Å². The number of aryl methyl sites for hydroxylation is 1. The molecule has 0 aliphatic carbocycles. The first kappa shape index (κ1) is 30.9. The van der Waals surface area contributed by atoms with Crippen LogP contribution in [0.15, 0.2) is 60.9 Å². The van der Waals surface area contributed by atoms with Gasteiger partial charge in [-0.05, 0) is 56.4 Å². The summed E-state index contributed by atoms with van der Waals surface area (Å²) in [5.41, 5.74) is 3.74. The van der Waals surface area contributed by atoms with Gasteiger partial charge in [0.05, 0.1) is 29.8 Å². The van der Waals surface area contributed by atoms with Gasteiger partial charge in [-0.3, -0.25) is 22.9 Å². The third-order valence-corrected chi connectivity index (χ3v) is 9.07. The fourth-order valence-corrected chi connectivity index (χ4v) is 6.73. The second-order valence-electron chi connectivity index (χ2n) is 10.5. The number of nitrogens with one attached hydrogen (secondary N) is 3. The molecule has 1 aliphatic rings. The van der Waals surface area contributed by atoms with E-state index in [1.807, 2.05) is 60.4 Å². The van der Waals surface area contributed by atoms with Crippen LogP contribution in [0.5, 0.6) is 0 Å². The summed E-state index contributed by atoms with van der Waals surface area (Å²) in [7, 11) is -2.94. The number of amides is 1. The van der Waals surface area contributed by atoms with E-state index >= 15 is 0 Å². The van der Waals surface area contributed by atoms with Gasteiger partial charge in [0, 0.05) is 55.7 Å². The Bertz CT molecular complexity index is 1250. The number of rotatable bonds is 14. The zero-order valence-corrected chi connectivity index (χ0v) is 24.8. The summed E-state index contributed by atoms with van der Waals surface area (Å²) in [5, 5.41) is 25.2. The van der Waals surface area contributed by atoms with E-state index in [9.17, 15) is 19.0 Å². The Hall–Kier alpha value is -3.09. The number of anilines is 2. The first-order chi connectivity index (χ1) is 19.8. The number of nitrogens with zero attached hydrogens (tertiary/aromatic N) is 3. The molecule has 0 bridgehead atoms. The number of aliphatic hydroxyl groups excluding tert-OH is 1. The zero-order valence-electron chi connectivity index (χ0n) is 24.0. The number of aromatic nitrogens is 2. The van der Waals surface area contributed by atoms with Crippen molar-refractivity contribution in [2.45, 2.75) is 64.8 Å². The van der Waals surface area contributed by atoms with Crippen molar-refractivity contribution < 1.29 is 19.0 Å². The van der Waals surface area contributed by atoms with Crippen LogP contribution in [0.1, 0.15) is 54.6 Å². The van der Waals surface area contributed by atoms with Crippen LogP contribution in [0.2, 0.25) is 0 Å². The first-order valence-corrected chi connectivity index (χ1v) is 16.1. The topological polar surface area (TPSA) is 135 Å². The molecule has 0 spiro atoms. The molecule has 1 saturated heterocycles. The minimum absolute atomic E-state index is 0.286. The van der Waals surface area contributed by atoms with E-state index in [1.54, 1.807) is 16.4 Å². The Kier molecular flexibility index (Phi) is 11.1. The summed E-state index contributed by atoms with van der Waals surface area (Å²) in [6.07, 6.45) is 6.04. The van der Waals surface area contributed by atoms with Gasteiger partial charge in [-0.25, -0.2) is 0 Å². The van der Waals surface area contributed by atoms with Gasteiger partial charge in [0.25, 0.3) is 5.91 Å². The molecule has 1 amide bonds. The second kappa shape index (κ2) is 14.7. The lowest BCUT2D eigenvalue weighted by molar-refractivity contribution is 0.0830. The third kappa shape index (κ3) is 8.70. The van der Waals surface area contributed by atoms with Crippen molar-refractivity contribution >= 4 is 28.1 Å². The number of benzene rings is 2. The molecular formula is C30H44N6O4S. The molecule has 224 valence electrons. The van der Waals surface area contributed by atoms with Crippen LogP contribution < -0.4 is 20.3 Å². The SMILES string of the molecule is CCCn1cc(CNC[C@H](O)[C@H](Cc2ccccc2)NC(=O)c2cc(NCC)cc(N3CCCCS3(O)O)c2)cn1. The summed E-state index contributed by atoms with van der Waals surface area (Å²) < 4.78 is 25.0. The molecule has 2 aromatic carbocycles. The Balaban J connectivity index is 1.50. The van der Waals surface area contributed by atoms with E-state index in [4.69, 9.17) is 0 Å². The van der Waals surface area contributed by atoms with Gasteiger partial charge < -0.3 is 21.1 Å². The smallest absolute Gasteiger partial charge is 0.251 e. The van der Waals surface area contributed by atoms with Gasteiger partial charge in [0.1, 0.15) is 0 Å². The molecular weight excluding hydrogens is 540 g/mol. The van der Waals surface area contributed by atoms with Crippen molar-refractivity contribution in [2.24, 2.45) is 0 Å². The lowest BCUT2D eigenvalue weighted by Gasteiger charge is -2.47. The van der Waals surface area contributed by atoms with E-state index in [0.717, 1.165) is 42.6 Å². The molecule has 4 rings (SSSR count). The molecule has 2 heterocycles. The molecule has 6 N–H and O–H groups in total.